The standard InChI is InChI=1S/C35H46NO5P/c1-3-4-5-6-7-10-15-31-20-22-32(23-21-31)24-25-35(28-38-30(2)36-35)29-41-42(37,39-26-33-16-11-8-12-17-33)40-27-34-18-13-9-14-19-34/h8-9,11-14,16-23H,3-7,10,15,24-29H2,1-2H3. The van der Waals surface area contributed by atoms with Crippen LogP contribution in [0.3, 0.4) is 0 Å². The predicted octanol–water partition coefficient (Wildman–Crippen LogP) is 9.27. The van der Waals surface area contributed by atoms with E-state index in [1.54, 1.807) is 0 Å². The van der Waals surface area contributed by atoms with Crippen LogP contribution >= 0.6 is 7.82 Å². The number of ether oxygens (including phenoxy) is 1. The third-order valence-corrected chi connectivity index (χ3v) is 8.96. The topological polar surface area (TPSA) is 66.4 Å². The Morgan fingerprint density at radius 2 is 1.26 bits per heavy atom. The van der Waals surface area contributed by atoms with Crippen molar-refractivity contribution in [3.05, 3.63) is 107 Å². The molecule has 3 aromatic carbocycles. The Morgan fingerprint density at radius 3 is 1.81 bits per heavy atom. The fourth-order valence-electron chi connectivity index (χ4n) is 5.04. The molecule has 3 aromatic rings. The van der Waals surface area contributed by atoms with Crippen molar-refractivity contribution in [1.29, 1.82) is 0 Å². The first-order valence-corrected chi connectivity index (χ1v) is 16.8. The van der Waals surface area contributed by atoms with Gasteiger partial charge in [0.25, 0.3) is 0 Å². The van der Waals surface area contributed by atoms with Crippen LogP contribution in [0, 0.1) is 0 Å². The Balaban J connectivity index is 1.35. The molecule has 226 valence electrons. The maximum Gasteiger partial charge on any atom is 0.475 e. The highest BCUT2D eigenvalue weighted by molar-refractivity contribution is 7.48. The Hall–Kier alpha value is -2.76. The quantitative estimate of drug-likeness (QED) is 0.103. The van der Waals surface area contributed by atoms with E-state index in [1.165, 1.54) is 49.7 Å². The molecule has 0 aliphatic carbocycles. The molecule has 6 nitrogen and oxygen atoms in total. The third-order valence-electron chi connectivity index (χ3n) is 7.62. The normalized spacial score (nSPS) is 16.8. The predicted molar refractivity (Wildman–Crippen MR) is 170 cm³/mol. The van der Waals surface area contributed by atoms with Crippen LogP contribution in [-0.2, 0) is 48.9 Å². The van der Waals surface area contributed by atoms with Crippen LogP contribution in [0.2, 0.25) is 0 Å². The van der Waals surface area contributed by atoms with E-state index in [2.05, 4.69) is 31.2 Å². The lowest BCUT2D eigenvalue weighted by molar-refractivity contribution is 0.0760. The van der Waals surface area contributed by atoms with E-state index in [0.717, 1.165) is 24.0 Å². The lowest BCUT2D eigenvalue weighted by Crippen LogP contribution is -2.35. The Labute approximate surface area is 252 Å². The number of hydrogen-bond acceptors (Lipinski definition) is 6. The zero-order valence-corrected chi connectivity index (χ0v) is 26.1. The second kappa shape index (κ2) is 16.8. The average Bonchev–Trinajstić information content (AvgIpc) is 3.41. The van der Waals surface area contributed by atoms with E-state index in [0.29, 0.717) is 18.9 Å². The number of benzene rings is 3. The number of rotatable bonds is 19. The first-order valence-electron chi connectivity index (χ1n) is 15.4. The van der Waals surface area contributed by atoms with Gasteiger partial charge < -0.3 is 4.74 Å². The number of hydrogen-bond donors (Lipinski definition) is 0. The summed E-state index contributed by atoms with van der Waals surface area (Å²) in [4.78, 5) is 4.80. The Kier molecular flexibility index (Phi) is 12.8. The molecule has 1 aliphatic rings. The van der Waals surface area contributed by atoms with Gasteiger partial charge >= 0.3 is 7.82 Å². The molecule has 1 aliphatic heterocycles. The van der Waals surface area contributed by atoms with Gasteiger partial charge in [0.15, 0.2) is 5.90 Å². The highest BCUT2D eigenvalue weighted by atomic mass is 31.2. The smallest absolute Gasteiger partial charge is 0.475 e. The number of phosphoric acid groups is 1. The van der Waals surface area contributed by atoms with E-state index in [-0.39, 0.29) is 19.8 Å². The molecule has 4 rings (SSSR count). The monoisotopic (exact) mass is 591 g/mol. The average molecular weight is 592 g/mol. The molecular formula is C35H46NO5P. The van der Waals surface area contributed by atoms with Crippen molar-refractivity contribution in [2.24, 2.45) is 4.99 Å². The van der Waals surface area contributed by atoms with Crippen molar-refractivity contribution in [1.82, 2.24) is 0 Å². The van der Waals surface area contributed by atoms with Gasteiger partial charge in [-0.1, -0.05) is 124 Å². The van der Waals surface area contributed by atoms with Crippen LogP contribution in [0.1, 0.15) is 81.0 Å². The van der Waals surface area contributed by atoms with Crippen molar-refractivity contribution in [3.8, 4) is 0 Å². The van der Waals surface area contributed by atoms with Crippen molar-refractivity contribution in [2.75, 3.05) is 13.2 Å². The number of nitrogens with zero attached hydrogens (tertiary/aromatic N) is 1. The Morgan fingerprint density at radius 1 is 0.714 bits per heavy atom. The number of unbranched alkanes of at least 4 members (excludes halogenated alkanes) is 5. The summed E-state index contributed by atoms with van der Waals surface area (Å²) in [6.07, 6.45) is 10.5. The second-order valence-electron chi connectivity index (χ2n) is 11.2. The molecule has 1 atom stereocenters. The molecule has 0 bridgehead atoms. The molecule has 0 N–H and O–H groups in total. The van der Waals surface area contributed by atoms with Crippen molar-refractivity contribution in [2.45, 2.75) is 90.4 Å². The van der Waals surface area contributed by atoms with E-state index in [4.69, 9.17) is 23.3 Å². The number of aryl methyl sites for hydroxylation is 2. The molecule has 0 amide bonds. The first kappa shape index (κ1) is 32.2. The molecule has 0 spiro atoms. The zero-order chi connectivity index (χ0) is 29.5. The molecule has 0 fully saturated rings. The Bertz CT molecular complexity index is 1220. The van der Waals surface area contributed by atoms with E-state index in [9.17, 15) is 4.57 Å². The first-order chi connectivity index (χ1) is 20.5. The van der Waals surface area contributed by atoms with Crippen molar-refractivity contribution < 1.29 is 22.9 Å². The van der Waals surface area contributed by atoms with Gasteiger partial charge in [-0.3, -0.25) is 13.6 Å². The minimum atomic E-state index is -3.91. The van der Waals surface area contributed by atoms with Crippen LogP contribution < -0.4 is 0 Å². The number of phosphoric ester groups is 1. The molecule has 42 heavy (non-hydrogen) atoms. The summed E-state index contributed by atoms with van der Waals surface area (Å²) in [6.45, 7) is 4.77. The molecule has 1 unspecified atom stereocenters. The lowest BCUT2D eigenvalue weighted by atomic mass is 9.93. The summed E-state index contributed by atoms with van der Waals surface area (Å²) in [7, 11) is -3.91. The van der Waals surface area contributed by atoms with Crippen LogP contribution in [0.25, 0.3) is 0 Å². The molecule has 0 aromatic heterocycles. The van der Waals surface area contributed by atoms with E-state index in [1.807, 2.05) is 67.6 Å². The molecule has 1 heterocycles. The van der Waals surface area contributed by atoms with Crippen molar-refractivity contribution >= 4 is 13.7 Å². The molecule has 7 heteroatoms. The molecular weight excluding hydrogens is 545 g/mol. The van der Waals surface area contributed by atoms with Crippen molar-refractivity contribution in [3.63, 3.8) is 0 Å². The number of aliphatic imine (C=N–C) groups is 1. The van der Waals surface area contributed by atoms with Crippen LogP contribution in [0.5, 0.6) is 0 Å². The highest BCUT2D eigenvalue weighted by Crippen LogP contribution is 2.52. The summed E-state index contributed by atoms with van der Waals surface area (Å²) >= 11 is 0. The fourth-order valence-corrected chi connectivity index (χ4v) is 6.27. The summed E-state index contributed by atoms with van der Waals surface area (Å²) < 4.78 is 37.3. The molecule has 0 saturated carbocycles. The van der Waals surface area contributed by atoms with Gasteiger partial charge in [-0.25, -0.2) is 9.56 Å². The largest absolute Gasteiger partial charge is 0.479 e. The summed E-state index contributed by atoms with van der Waals surface area (Å²) in [5.41, 5.74) is 3.74. The zero-order valence-electron chi connectivity index (χ0n) is 25.2. The SMILES string of the molecule is CCCCCCCCc1ccc(CCC2(COP(=O)(OCc3ccccc3)OCc3ccccc3)COC(C)=N2)cc1. The highest BCUT2D eigenvalue weighted by Gasteiger charge is 2.39. The van der Waals surface area contributed by atoms with Gasteiger partial charge in [-0.15, -0.1) is 0 Å². The molecule has 0 radical (unpaired) electrons. The van der Waals surface area contributed by atoms with Gasteiger partial charge in [0.2, 0.25) is 0 Å². The minimum absolute atomic E-state index is 0.0707. The third kappa shape index (κ3) is 10.8. The lowest BCUT2D eigenvalue weighted by Gasteiger charge is -2.26. The van der Waals surface area contributed by atoms with Gasteiger partial charge in [0.05, 0.1) is 19.8 Å². The minimum Gasteiger partial charge on any atom is -0.479 e. The maximum absolute atomic E-state index is 13.9. The van der Waals surface area contributed by atoms with Gasteiger partial charge in [0.1, 0.15) is 12.1 Å². The summed E-state index contributed by atoms with van der Waals surface area (Å²) in [5.74, 6) is 0.609. The summed E-state index contributed by atoms with van der Waals surface area (Å²) in [5, 5.41) is 0. The van der Waals surface area contributed by atoms with Crippen LogP contribution in [-0.4, -0.2) is 24.7 Å². The van der Waals surface area contributed by atoms with Crippen LogP contribution in [0.4, 0.5) is 0 Å². The van der Waals surface area contributed by atoms with Crippen LogP contribution in [0.15, 0.2) is 89.9 Å². The van der Waals surface area contributed by atoms with Gasteiger partial charge in [-0.2, -0.15) is 0 Å². The second-order valence-corrected chi connectivity index (χ2v) is 12.9. The van der Waals surface area contributed by atoms with E-state index >= 15 is 0 Å². The van der Waals surface area contributed by atoms with Gasteiger partial charge in [0, 0.05) is 6.92 Å². The van der Waals surface area contributed by atoms with E-state index < -0.39 is 13.4 Å². The maximum atomic E-state index is 13.9. The summed E-state index contributed by atoms with van der Waals surface area (Å²) in [6, 6.07) is 28.1. The molecule has 0 saturated heterocycles. The fraction of sp³-hybridized carbons (Fsp3) is 0.457. The van der Waals surface area contributed by atoms with Gasteiger partial charge in [-0.05, 0) is 47.9 Å².